The summed E-state index contributed by atoms with van der Waals surface area (Å²) >= 11 is 0. The summed E-state index contributed by atoms with van der Waals surface area (Å²) in [5.74, 6) is -3.48. The van der Waals surface area contributed by atoms with Gasteiger partial charge in [0, 0.05) is 29.1 Å². The molecule has 190 valence electrons. The van der Waals surface area contributed by atoms with Gasteiger partial charge in [-0.1, -0.05) is 36.4 Å². The molecule has 0 bridgehead atoms. The minimum Gasteiger partial charge on any atom is -0.366 e. The zero-order chi connectivity index (χ0) is 27.0. The summed E-state index contributed by atoms with van der Waals surface area (Å²) in [4.78, 5) is 19.5. The van der Waals surface area contributed by atoms with Gasteiger partial charge in [0.15, 0.2) is 11.6 Å². The van der Waals surface area contributed by atoms with Crippen LogP contribution in [0.4, 0.5) is 30.7 Å². The first-order chi connectivity index (χ1) is 17.4. The first-order valence-electron chi connectivity index (χ1n) is 10.3. The standard InChI is InChI=1S/C24H14F7N5O/c25-19-13(8-5-11-33-19)16(20(32)37)12-36-22(15-7-2-4-10-18(15)24(29,30)31)34-21(35-36)14-6-1-3-9-17(14)23(26,27)28/h1-12H,(H2,32,37)/b16-12-. The van der Waals surface area contributed by atoms with Crippen LogP contribution in [0.15, 0.2) is 66.9 Å². The van der Waals surface area contributed by atoms with Crippen LogP contribution in [-0.4, -0.2) is 25.7 Å². The van der Waals surface area contributed by atoms with Crippen LogP contribution in [-0.2, 0) is 17.1 Å². The molecular formula is C24H14F7N5O. The van der Waals surface area contributed by atoms with Crippen molar-refractivity contribution in [2.24, 2.45) is 5.73 Å². The predicted octanol–water partition coefficient (Wildman–Crippen LogP) is 5.67. The van der Waals surface area contributed by atoms with E-state index >= 15 is 0 Å². The molecule has 0 aliphatic carbocycles. The van der Waals surface area contributed by atoms with Crippen molar-refractivity contribution in [2.75, 3.05) is 0 Å². The van der Waals surface area contributed by atoms with E-state index in [2.05, 4.69) is 15.1 Å². The van der Waals surface area contributed by atoms with Crippen molar-refractivity contribution in [3.05, 3.63) is 89.5 Å². The van der Waals surface area contributed by atoms with Crippen molar-refractivity contribution in [2.45, 2.75) is 12.4 Å². The lowest BCUT2D eigenvalue weighted by Crippen LogP contribution is -2.15. The Balaban J connectivity index is 2.04. The molecule has 2 aromatic carbocycles. The second-order valence-electron chi connectivity index (χ2n) is 7.54. The zero-order valence-electron chi connectivity index (χ0n) is 18.3. The van der Waals surface area contributed by atoms with E-state index in [0.29, 0.717) is 4.68 Å². The summed E-state index contributed by atoms with van der Waals surface area (Å²) in [5, 5.41) is 3.94. The first kappa shape index (κ1) is 25.5. The van der Waals surface area contributed by atoms with Gasteiger partial charge in [-0.3, -0.25) is 4.79 Å². The fourth-order valence-electron chi connectivity index (χ4n) is 3.54. The number of benzene rings is 2. The molecule has 6 nitrogen and oxygen atoms in total. The van der Waals surface area contributed by atoms with Crippen molar-refractivity contribution in [3.8, 4) is 22.8 Å². The Labute approximate surface area is 203 Å². The van der Waals surface area contributed by atoms with Crippen molar-refractivity contribution in [1.82, 2.24) is 19.7 Å². The minimum atomic E-state index is -4.87. The molecule has 1 amide bonds. The molecule has 0 spiro atoms. The maximum Gasteiger partial charge on any atom is 0.417 e. The molecule has 4 rings (SSSR count). The van der Waals surface area contributed by atoms with Crippen LogP contribution in [0.2, 0.25) is 0 Å². The largest absolute Gasteiger partial charge is 0.417 e. The molecule has 0 saturated heterocycles. The number of alkyl halides is 6. The number of pyridine rings is 1. The summed E-state index contributed by atoms with van der Waals surface area (Å²) in [5.41, 5.74) is 1.04. The average molecular weight is 521 g/mol. The first-order valence-corrected chi connectivity index (χ1v) is 10.3. The summed E-state index contributed by atoms with van der Waals surface area (Å²) in [6, 6.07) is 10.8. The summed E-state index contributed by atoms with van der Waals surface area (Å²) in [6.45, 7) is 0. The lowest BCUT2D eigenvalue weighted by atomic mass is 10.1. The number of nitrogens with two attached hydrogens (primary N) is 1. The van der Waals surface area contributed by atoms with Crippen LogP contribution in [0.25, 0.3) is 34.5 Å². The highest BCUT2D eigenvalue weighted by Crippen LogP contribution is 2.39. The van der Waals surface area contributed by atoms with E-state index in [1.54, 1.807) is 0 Å². The Bertz CT molecular complexity index is 1510. The SMILES string of the molecule is NC(=O)/C(=C\n1nc(-c2ccccc2C(F)(F)F)nc1-c1ccccc1C(F)(F)F)c1cccnc1F. The van der Waals surface area contributed by atoms with Crippen molar-refractivity contribution >= 4 is 17.7 Å². The highest BCUT2D eigenvalue weighted by molar-refractivity contribution is 6.22. The van der Waals surface area contributed by atoms with E-state index in [-0.39, 0.29) is 0 Å². The van der Waals surface area contributed by atoms with Gasteiger partial charge >= 0.3 is 12.4 Å². The fourth-order valence-corrected chi connectivity index (χ4v) is 3.54. The Morgan fingerprint density at radius 2 is 1.41 bits per heavy atom. The van der Waals surface area contributed by atoms with E-state index in [1.807, 2.05) is 0 Å². The van der Waals surface area contributed by atoms with E-state index in [9.17, 15) is 35.5 Å². The van der Waals surface area contributed by atoms with Crippen molar-refractivity contribution < 1.29 is 35.5 Å². The van der Waals surface area contributed by atoms with Gasteiger partial charge in [0.2, 0.25) is 5.95 Å². The monoisotopic (exact) mass is 521 g/mol. The molecule has 13 heteroatoms. The number of nitrogens with zero attached hydrogens (tertiary/aromatic N) is 4. The van der Waals surface area contributed by atoms with Crippen LogP contribution in [0.5, 0.6) is 0 Å². The maximum atomic E-state index is 14.3. The average Bonchev–Trinajstić information content (AvgIpc) is 3.25. The Morgan fingerprint density at radius 3 is 1.97 bits per heavy atom. The molecule has 37 heavy (non-hydrogen) atoms. The smallest absolute Gasteiger partial charge is 0.366 e. The van der Waals surface area contributed by atoms with Gasteiger partial charge in [-0.25, -0.2) is 14.6 Å². The molecule has 0 atom stereocenters. The normalized spacial score (nSPS) is 12.6. The molecule has 0 fully saturated rings. The molecular weight excluding hydrogens is 507 g/mol. The van der Waals surface area contributed by atoms with Crippen LogP contribution in [0.3, 0.4) is 0 Å². The fraction of sp³-hybridized carbons (Fsp3) is 0.0833. The number of hydrogen-bond donors (Lipinski definition) is 1. The summed E-state index contributed by atoms with van der Waals surface area (Å²) in [6.07, 6.45) is -7.83. The summed E-state index contributed by atoms with van der Waals surface area (Å²) < 4.78 is 97.2. The lowest BCUT2D eigenvalue weighted by molar-refractivity contribution is -0.137. The topological polar surface area (TPSA) is 86.7 Å². The van der Waals surface area contributed by atoms with Gasteiger partial charge in [-0.15, -0.1) is 5.10 Å². The van der Waals surface area contributed by atoms with E-state index in [0.717, 1.165) is 54.9 Å². The Hall–Kier alpha value is -4.55. The third-order valence-electron chi connectivity index (χ3n) is 5.14. The van der Waals surface area contributed by atoms with E-state index in [1.165, 1.54) is 18.2 Å². The summed E-state index contributed by atoms with van der Waals surface area (Å²) in [7, 11) is 0. The van der Waals surface area contributed by atoms with Crippen molar-refractivity contribution in [3.63, 3.8) is 0 Å². The van der Waals surface area contributed by atoms with E-state index < -0.39 is 69.2 Å². The van der Waals surface area contributed by atoms with Crippen LogP contribution in [0, 0.1) is 5.95 Å². The Morgan fingerprint density at radius 1 is 0.838 bits per heavy atom. The quantitative estimate of drug-likeness (QED) is 0.208. The second kappa shape index (κ2) is 9.48. The second-order valence-corrected chi connectivity index (χ2v) is 7.54. The van der Waals surface area contributed by atoms with Gasteiger partial charge in [0.05, 0.1) is 16.7 Å². The molecule has 4 aromatic rings. The molecule has 0 saturated carbocycles. The predicted molar refractivity (Wildman–Crippen MR) is 118 cm³/mol. The molecule has 0 aliphatic rings. The third-order valence-corrected chi connectivity index (χ3v) is 5.14. The van der Waals surface area contributed by atoms with Gasteiger partial charge < -0.3 is 5.73 Å². The zero-order valence-corrected chi connectivity index (χ0v) is 18.3. The van der Waals surface area contributed by atoms with Gasteiger partial charge in [0.1, 0.15) is 0 Å². The van der Waals surface area contributed by atoms with Gasteiger partial charge in [0.25, 0.3) is 5.91 Å². The maximum absolute atomic E-state index is 14.3. The van der Waals surface area contributed by atoms with E-state index in [4.69, 9.17) is 5.73 Å². The van der Waals surface area contributed by atoms with Crippen LogP contribution < -0.4 is 5.73 Å². The number of aromatic nitrogens is 4. The number of halogens is 7. The van der Waals surface area contributed by atoms with Crippen LogP contribution >= 0.6 is 0 Å². The molecule has 2 aromatic heterocycles. The highest BCUT2D eigenvalue weighted by atomic mass is 19.4. The third kappa shape index (κ3) is 5.20. The number of primary amides is 1. The highest BCUT2D eigenvalue weighted by Gasteiger charge is 2.37. The number of carbonyl (C=O) groups excluding carboxylic acids is 1. The molecule has 2 heterocycles. The van der Waals surface area contributed by atoms with Gasteiger partial charge in [-0.2, -0.15) is 30.7 Å². The number of hydrogen-bond acceptors (Lipinski definition) is 4. The number of amides is 1. The lowest BCUT2D eigenvalue weighted by Gasteiger charge is -2.12. The minimum absolute atomic E-state index is 0.405. The van der Waals surface area contributed by atoms with Crippen LogP contribution in [0.1, 0.15) is 16.7 Å². The molecule has 0 unspecified atom stereocenters. The molecule has 2 N–H and O–H groups in total. The molecule has 0 aliphatic heterocycles. The van der Waals surface area contributed by atoms with Crippen molar-refractivity contribution in [1.29, 1.82) is 0 Å². The van der Waals surface area contributed by atoms with Gasteiger partial charge in [-0.05, 0) is 24.3 Å². The number of rotatable bonds is 5. The molecule has 0 radical (unpaired) electrons. The Kier molecular flexibility index (Phi) is 6.55. The number of carbonyl (C=O) groups is 1.